The Morgan fingerprint density at radius 3 is 1.11 bits per heavy atom. The second-order valence-corrected chi connectivity index (χ2v) is 23.9. The molecule has 0 bridgehead atoms. The molecule has 3 unspecified atom stereocenters. The Labute approximate surface area is 604 Å². The van der Waals surface area contributed by atoms with Gasteiger partial charge in [-0.1, -0.05) is 208 Å². The maximum atomic E-state index is 13.3. The molecule has 0 radical (unpaired) electrons. The Kier molecular flexibility index (Phi) is 33.4. The van der Waals surface area contributed by atoms with Crippen molar-refractivity contribution in [2.75, 3.05) is 26.4 Å². The lowest BCUT2D eigenvalue weighted by Crippen LogP contribution is -2.69. The average molecular weight is 1420 g/mol. The number of carbonyl (C=O) groups is 9. The van der Waals surface area contributed by atoms with Crippen LogP contribution in [0.5, 0.6) is 0 Å². The van der Waals surface area contributed by atoms with Crippen LogP contribution in [-0.4, -0.2) is 142 Å². The van der Waals surface area contributed by atoms with Gasteiger partial charge in [-0.15, -0.1) is 0 Å². The fourth-order valence-electron chi connectivity index (χ4n) is 11.7. The van der Waals surface area contributed by atoms with Gasteiger partial charge in [-0.2, -0.15) is 40.5 Å². The number of hydrogen-bond donors (Lipinski definition) is 6. The van der Waals surface area contributed by atoms with E-state index in [-0.39, 0.29) is 97.2 Å². The van der Waals surface area contributed by atoms with Gasteiger partial charge in [0.15, 0.2) is 18.1 Å². The summed E-state index contributed by atoms with van der Waals surface area (Å²) in [5.74, 6) is -3.83. The maximum Gasteiger partial charge on any atom is 0.253 e. The molecule has 100 heavy (non-hydrogen) atoms. The summed E-state index contributed by atoms with van der Waals surface area (Å²) in [4.78, 5) is 126. The van der Waals surface area contributed by atoms with E-state index < -0.39 is 71.7 Å². The molecule has 11 rings (SSSR count). The number of amides is 9. The molecule has 1 saturated carbocycles. The van der Waals surface area contributed by atoms with Gasteiger partial charge in [0.25, 0.3) is 35.4 Å². The quantitative estimate of drug-likeness (QED) is 0.0308. The molecule has 7 aromatic rings. The van der Waals surface area contributed by atoms with Crippen LogP contribution in [0.2, 0.25) is 0 Å². The second kappa shape index (κ2) is 41.9. The Morgan fingerprint density at radius 1 is 0.420 bits per heavy atom. The first-order valence-electron chi connectivity index (χ1n) is 32.9. The molecule has 3 aliphatic heterocycles. The molecule has 6 aromatic carbocycles. The first kappa shape index (κ1) is 79.6. The topological polar surface area (TPSA) is 276 Å². The number of benzene rings is 6. The highest BCUT2D eigenvalue weighted by Gasteiger charge is 2.49. The largest absolute Gasteiger partial charge is 0.374 e. The van der Waals surface area contributed by atoms with Crippen LogP contribution in [0, 0.1) is 0 Å². The van der Waals surface area contributed by atoms with Crippen LogP contribution in [0.3, 0.4) is 0 Å². The van der Waals surface area contributed by atoms with E-state index in [0.717, 1.165) is 71.0 Å². The third-order valence-electron chi connectivity index (χ3n) is 16.7. The normalized spacial score (nSPS) is 18.7. The highest BCUT2D eigenvalue weighted by Crippen LogP contribution is 2.28. The number of nitrogens with zero attached hydrogens (tertiary/aromatic N) is 4. The molecule has 3 saturated heterocycles. The summed E-state index contributed by atoms with van der Waals surface area (Å²) in [5.41, 5.74) is 6.46. The smallest absolute Gasteiger partial charge is 0.253 e. The Morgan fingerprint density at radius 2 is 0.740 bits per heavy atom. The van der Waals surface area contributed by atoms with E-state index in [4.69, 9.17) is 14.2 Å². The number of aromatic nitrogens is 1. The van der Waals surface area contributed by atoms with Gasteiger partial charge in [0.1, 0.15) is 18.1 Å². The fraction of sp³-hybridized carbons (Fsp3) is 0.333. The van der Waals surface area contributed by atoms with E-state index in [0.29, 0.717) is 45.9 Å². The molecule has 25 heteroatoms. The summed E-state index contributed by atoms with van der Waals surface area (Å²) in [6.45, 7) is 4.44. The zero-order valence-corrected chi connectivity index (χ0v) is 58.9. The van der Waals surface area contributed by atoms with Crippen LogP contribution in [0.15, 0.2) is 207 Å². The van der Waals surface area contributed by atoms with E-state index in [2.05, 4.69) is 36.9 Å². The van der Waals surface area contributed by atoms with Gasteiger partial charge >= 0.3 is 0 Å². The summed E-state index contributed by atoms with van der Waals surface area (Å²) >= 11 is 0. The van der Waals surface area contributed by atoms with Gasteiger partial charge in [0, 0.05) is 51.2 Å². The number of pyridine rings is 1. The summed E-state index contributed by atoms with van der Waals surface area (Å²) in [5, 5.41) is 16.4. The zero-order valence-electron chi connectivity index (χ0n) is 55.9. The van der Waals surface area contributed by atoms with E-state index in [1.54, 1.807) is 24.5 Å². The molecule has 0 spiro atoms. The summed E-state index contributed by atoms with van der Waals surface area (Å²) in [6, 6.07) is 54.5. The minimum Gasteiger partial charge on any atom is -0.374 e. The van der Waals surface area contributed by atoms with E-state index in [1.165, 1.54) is 14.7 Å². The first-order valence-corrected chi connectivity index (χ1v) is 32.9. The Hall–Kier alpha value is -9.37. The molecule has 4 aliphatic rings. The molecule has 530 valence electrons. The van der Waals surface area contributed by atoms with E-state index in [1.807, 2.05) is 189 Å². The van der Waals surface area contributed by atoms with Crippen LogP contribution >= 0.6 is 40.5 Å². The van der Waals surface area contributed by atoms with E-state index in [9.17, 15) is 43.2 Å². The zero-order chi connectivity index (χ0) is 68.1. The third kappa shape index (κ3) is 23.4. The van der Waals surface area contributed by atoms with Crippen LogP contribution in [-0.2, 0) is 103 Å². The molecule has 22 nitrogen and oxygen atoms in total. The van der Waals surface area contributed by atoms with Crippen LogP contribution < -0.4 is 31.9 Å². The SMILES string of the molecule is CCCCN1C(=O)[C@H](COCc2ccccc2)NC(=O)C1C(=O)NCc1ccccc1.O=C(NCc1ccccc1)C1C(=O)N[C@@H](COCc2ccccc2)C(=O)N1C1CCCC1.O=C(NCc1ccccc1)C1C(=O)N[C@@H](COCc2ccccc2)C(=O)N1Cc1ccncc1.S.S.S. The maximum absolute atomic E-state index is 13.3. The lowest BCUT2D eigenvalue weighted by Gasteiger charge is -2.41. The van der Waals surface area contributed by atoms with Gasteiger partial charge < -0.3 is 60.8 Å². The van der Waals surface area contributed by atoms with Crippen LogP contribution in [0.1, 0.15) is 84.4 Å². The van der Waals surface area contributed by atoms with Gasteiger partial charge in [0.2, 0.25) is 17.7 Å². The summed E-state index contributed by atoms with van der Waals surface area (Å²) in [6.07, 6.45) is 8.35. The highest BCUT2D eigenvalue weighted by molar-refractivity contribution is 7.59. The van der Waals surface area contributed by atoms with E-state index >= 15 is 0 Å². The van der Waals surface area contributed by atoms with Crippen molar-refractivity contribution in [3.05, 3.63) is 245 Å². The molecule has 6 atom stereocenters. The molecule has 1 aliphatic carbocycles. The molecular weight excluding hydrogens is 1330 g/mol. The molecule has 4 fully saturated rings. The van der Waals surface area contributed by atoms with Crippen molar-refractivity contribution in [3.8, 4) is 0 Å². The van der Waals surface area contributed by atoms with Crippen LogP contribution in [0.4, 0.5) is 0 Å². The van der Waals surface area contributed by atoms with Crippen molar-refractivity contribution in [2.45, 2.75) is 134 Å². The number of carbonyl (C=O) groups excluding carboxylic acids is 9. The van der Waals surface area contributed by atoms with Crippen molar-refractivity contribution in [1.29, 1.82) is 0 Å². The number of ether oxygens (including phenoxy) is 3. The predicted molar refractivity (Wildman–Crippen MR) is 392 cm³/mol. The molecule has 4 heterocycles. The first-order chi connectivity index (χ1) is 47.3. The van der Waals surface area contributed by atoms with Crippen molar-refractivity contribution in [1.82, 2.24) is 51.6 Å². The standard InChI is InChI=1S/C26H26N4O4.C25H29N3O4.C24H29N3O4.3H2S/c31-24(28-15-19-7-3-1-4-8-19)23-25(32)29-22(18-34-17-21-9-5-2-6-10-21)26(33)30(23)16-20-11-13-27-14-12-20;29-23(26-15-18-9-3-1-4-10-18)22-24(30)27-21(17-32-16-19-11-5-2-6-12-19)25(31)28(22)20-13-7-8-14-20;1-2-3-14-27-21(22(28)25-15-18-10-6-4-7-11-18)23(29)26-20(24(27)30)17-31-16-19-12-8-5-9-13-19;;;/h1-14,22-23H,15-18H2,(H,28,31)(H,29,32);1-6,9-12,20-22H,7-8,13-17H2,(H,26,29)(H,27,30);4-13,20-21H,2-3,14-17H2,1H3,(H,25,28)(H,26,29);3*1H2/t22-,23?;21-,22?;20-,21?;;;/m000.../s1. The molecule has 1 aromatic heterocycles. The predicted octanol–water partition coefficient (Wildman–Crippen LogP) is 6.32. The van der Waals surface area contributed by atoms with Crippen molar-refractivity contribution in [3.63, 3.8) is 0 Å². The van der Waals surface area contributed by atoms with Gasteiger partial charge in [-0.05, 0) is 70.3 Å². The van der Waals surface area contributed by atoms with Crippen molar-refractivity contribution >= 4 is 93.7 Å². The van der Waals surface area contributed by atoms with Gasteiger partial charge in [0.05, 0.1) is 39.6 Å². The van der Waals surface area contributed by atoms with Crippen molar-refractivity contribution < 1.29 is 57.4 Å². The molecular formula is C75H90N10O12S3. The number of piperazine rings is 3. The Bertz CT molecular complexity index is 3690. The highest BCUT2D eigenvalue weighted by atomic mass is 32.1. The van der Waals surface area contributed by atoms with Gasteiger partial charge in [-0.3, -0.25) is 48.1 Å². The summed E-state index contributed by atoms with van der Waals surface area (Å²) < 4.78 is 17.1. The fourth-order valence-corrected chi connectivity index (χ4v) is 11.7. The average Bonchev–Trinajstić information content (AvgIpc) is 1.16. The van der Waals surface area contributed by atoms with Crippen molar-refractivity contribution in [2.24, 2.45) is 0 Å². The second-order valence-electron chi connectivity index (χ2n) is 23.9. The minimum atomic E-state index is -1.28. The number of nitrogens with one attached hydrogen (secondary N) is 6. The lowest BCUT2D eigenvalue weighted by atomic mass is 10.0. The monoisotopic (exact) mass is 1420 g/mol. The lowest BCUT2D eigenvalue weighted by molar-refractivity contribution is -0.158. The molecule has 9 amide bonds. The summed E-state index contributed by atoms with van der Waals surface area (Å²) in [7, 11) is 0. The Balaban J connectivity index is 0.000000233. The number of unbranched alkanes of at least 4 members (excludes halogenated alkanes) is 1. The molecule has 6 N–H and O–H groups in total. The number of rotatable bonds is 27. The number of hydrogen-bond acceptors (Lipinski definition) is 13. The third-order valence-corrected chi connectivity index (χ3v) is 16.7. The minimum absolute atomic E-state index is 0. The van der Waals surface area contributed by atoms with Crippen LogP contribution in [0.25, 0.3) is 0 Å². The van der Waals surface area contributed by atoms with Gasteiger partial charge in [-0.25, -0.2) is 0 Å².